The zero-order chi connectivity index (χ0) is 20.1. The molecular formula is C20H25N3O5. The zero-order valence-electron chi connectivity index (χ0n) is 16.0. The molecule has 3 rings (SSSR count). The number of likely N-dealkylation sites (tertiary alicyclic amines) is 1. The van der Waals surface area contributed by atoms with Crippen LogP contribution in [0.25, 0.3) is 11.1 Å². The number of hydrogen-bond acceptors (Lipinski definition) is 5. The minimum absolute atomic E-state index is 0.0236. The van der Waals surface area contributed by atoms with Crippen LogP contribution in [0.3, 0.4) is 0 Å². The summed E-state index contributed by atoms with van der Waals surface area (Å²) in [7, 11) is 0. The van der Waals surface area contributed by atoms with Gasteiger partial charge in [0.2, 0.25) is 11.8 Å². The highest BCUT2D eigenvalue weighted by molar-refractivity contribution is 5.80. The van der Waals surface area contributed by atoms with Crippen molar-refractivity contribution in [3.05, 3.63) is 30.2 Å². The number of rotatable bonds is 6. The number of oxazole rings is 1. The summed E-state index contributed by atoms with van der Waals surface area (Å²) in [5, 5.41) is 9.03. The minimum Gasteiger partial charge on any atom is -0.480 e. The third kappa shape index (κ3) is 4.88. The molecule has 0 radical (unpaired) electrons. The second-order valence-corrected chi connectivity index (χ2v) is 7.08. The molecule has 28 heavy (non-hydrogen) atoms. The molecule has 0 aliphatic carbocycles. The van der Waals surface area contributed by atoms with E-state index in [1.54, 1.807) is 4.90 Å². The lowest BCUT2D eigenvalue weighted by Crippen LogP contribution is -2.43. The van der Waals surface area contributed by atoms with Gasteiger partial charge in [-0.05, 0) is 31.4 Å². The fourth-order valence-corrected chi connectivity index (χ4v) is 3.68. The quantitative estimate of drug-likeness (QED) is 0.814. The van der Waals surface area contributed by atoms with Gasteiger partial charge in [-0.1, -0.05) is 12.1 Å². The molecule has 1 N–H and O–H groups in total. The van der Waals surface area contributed by atoms with Crippen molar-refractivity contribution < 1.29 is 23.9 Å². The van der Waals surface area contributed by atoms with Crippen molar-refractivity contribution >= 4 is 28.9 Å². The summed E-state index contributed by atoms with van der Waals surface area (Å²) in [6.07, 6.45) is 2.76. The van der Waals surface area contributed by atoms with Gasteiger partial charge in [0, 0.05) is 38.9 Å². The highest BCUT2D eigenvalue weighted by atomic mass is 16.4. The van der Waals surface area contributed by atoms with Gasteiger partial charge >= 0.3 is 5.97 Å². The van der Waals surface area contributed by atoms with Crippen LogP contribution >= 0.6 is 0 Å². The summed E-state index contributed by atoms with van der Waals surface area (Å²) in [6.45, 7) is 2.21. The first-order chi connectivity index (χ1) is 13.4. The number of aryl methyl sites for hydroxylation is 1. The molecule has 0 bridgehead atoms. The van der Waals surface area contributed by atoms with Crippen molar-refractivity contribution in [2.75, 3.05) is 19.6 Å². The lowest BCUT2D eigenvalue weighted by atomic mass is 10.1. The van der Waals surface area contributed by atoms with Crippen LogP contribution in [0.2, 0.25) is 0 Å². The number of hydrogen-bond donors (Lipinski definition) is 1. The number of carbonyl (C=O) groups excluding carboxylic acids is 2. The third-order valence-electron chi connectivity index (χ3n) is 5.09. The predicted molar refractivity (Wildman–Crippen MR) is 102 cm³/mol. The molecule has 1 unspecified atom stereocenters. The molecule has 2 aromatic rings. The Kier molecular flexibility index (Phi) is 6.28. The van der Waals surface area contributed by atoms with E-state index < -0.39 is 5.97 Å². The average molecular weight is 387 g/mol. The number of aliphatic carboxylic acids is 1. The number of amides is 2. The maximum atomic E-state index is 12.6. The summed E-state index contributed by atoms with van der Waals surface area (Å²) in [4.78, 5) is 43.0. The molecule has 2 heterocycles. The van der Waals surface area contributed by atoms with E-state index in [2.05, 4.69) is 4.98 Å². The van der Waals surface area contributed by atoms with E-state index in [-0.39, 0.29) is 24.4 Å². The summed E-state index contributed by atoms with van der Waals surface area (Å²) in [5.41, 5.74) is 1.50. The van der Waals surface area contributed by atoms with E-state index in [1.165, 1.54) is 11.8 Å². The first-order valence-corrected chi connectivity index (χ1v) is 9.55. The fourth-order valence-electron chi connectivity index (χ4n) is 3.68. The first-order valence-electron chi connectivity index (χ1n) is 9.55. The topological polar surface area (TPSA) is 104 Å². The van der Waals surface area contributed by atoms with E-state index in [0.717, 1.165) is 11.9 Å². The standard InChI is InChI=1S/C20H25N3O5/c1-14(24)23(13-20(26)27)15-5-4-11-22(12-10-15)19(25)9-8-18-21-16-6-2-3-7-17(16)28-18/h2-3,6-7,15H,4-5,8-13H2,1H3,(H,26,27). The Morgan fingerprint density at radius 2 is 2.04 bits per heavy atom. The Labute approximate surface area is 163 Å². The molecule has 1 aromatic heterocycles. The summed E-state index contributed by atoms with van der Waals surface area (Å²) in [6, 6.07) is 7.34. The van der Waals surface area contributed by atoms with E-state index >= 15 is 0 Å². The lowest BCUT2D eigenvalue weighted by Gasteiger charge is -2.28. The van der Waals surface area contributed by atoms with Gasteiger partial charge < -0.3 is 19.3 Å². The van der Waals surface area contributed by atoms with E-state index in [9.17, 15) is 14.4 Å². The van der Waals surface area contributed by atoms with Crippen LogP contribution in [0.4, 0.5) is 0 Å². The molecule has 0 spiro atoms. The molecule has 8 nitrogen and oxygen atoms in total. The van der Waals surface area contributed by atoms with Gasteiger partial charge in [0.25, 0.3) is 0 Å². The number of benzene rings is 1. The normalized spacial score (nSPS) is 17.3. The van der Waals surface area contributed by atoms with Crippen LogP contribution in [0.1, 0.15) is 38.5 Å². The summed E-state index contributed by atoms with van der Waals surface area (Å²) >= 11 is 0. The number of nitrogens with zero attached hydrogens (tertiary/aromatic N) is 3. The molecule has 1 saturated heterocycles. The van der Waals surface area contributed by atoms with E-state index in [1.807, 2.05) is 24.3 Å². The van der Waals surface area contributed by atoms with Crippen LogP contribution < -0.4 is 0 Å². The number of carboxylic acids is 1. The Morgan fingerprint density at radius 1 is 1.25 bits per heavy atom. The maximum absolute atomic E-state index is 12.6. The Hall–Kier alpha value is -2.90. The zero-order valence-corrected chi connectivity index (χ0v) is 16.0. The van der Waals surface area contributed by atoms with Crippen LogP contribution in [-0.2, 0) is 20.8 Å². The smallest absolute Gasteiger partial charge is 0.323 e. The highest BCUT2D eigenvalue weighted by Gasteiger charge is 2.27. The second kappa shape index (κ2) is 8.86. The summed E-state index contributed by atoms with van der Waals surface area (Å²) in [5.74, 6) is -0.698. The Morgan fingerprint density at radius 3 is 2.75 bits per heavy atom. The van der Waals surface area contributed by atoms with Crippen molar-refractivity contribution in [2.45, 2.75) is 45.1 Å². The molecule has 1 aromatic carbocycles. The maximum Gasteiger partial charge on any atom is 0.323 e. The molecule has 1 atom stereocenters. The van der Waals surface area contributed by atoms with Crippen molar-refractivity contribution in [1.82, 2.24) is 14.8 Å². The van der Waals surface area contributed by atoms with Crippen LogP contribution in [0, 0.1) is 0 Å². The molecule has 1 aliphatic rings. The monoisotopic (exact) mass is 387 g/mol. The van der Waals surface area contributed by atoms with Crippen molar-refractivity contribution in [3.8, 4) is 0 Å². The molecule has 8 heteroatoms. The van der Waals surface area contributed by atoms with Crippen molar-refractivity contribution in [3.63, 3.8) is 0 Å². The SMILES string of the molecule is CC(=O)N(CC(=O)O)C1CCCN(C(=O)CCc2nc3ccccc3o2)CC1. The number of para-hydroxylation sites is 2. The first kappa shape index (κ1) is 19.9. The number of carboxylic acid groups (broad SMARTS) is 1. The third-order valence-corrected chi connectivity index (χ3v) is 5.09. The van der Waals surface area contributed by atoms with Crippen LogP contribution in [0.5, 0.6) is 0 Å². The van der Waals surface area contributed by atoms with Gasteiger partial charge in [0.1, 0.15) is 12.1 Å². The van der Waals surface area contributed by atoms with Gasteiger partial charge in [-0.3, -0.25) is 14.4 Å². The minimum atomic E-state index is -1.02. The highest BCUT2D eigenvalue weighted by Crippen LogP contribution is 2.19. The Bertz CT molecular complexity index is 829. The molecule has 150 valence electrons. The largest absolute Gasteiger partial charge is 0.480 e. The van der Waals surface area contributed by atoms with Crippen molar-refractivity contribution in [2.24, 2.45) is 0 Å². The summed E-state index contributed by atoms with van der Waals surface area (Å²) < 4.78 is 5.66. The van der Waals surface area contributed by atoms with Gasteiger partial charge in [0.15, 0.2) is 11.5 Å². The van der Waals surface area contributed by atoms with Crippen LogP contribution in [-0.4, -0.2) is 63.4 Å². The van der Waals surface area contributed by atoms with Gasteiger partial charge in [-0.2, -0.15) is 0 Å². The van der Waals surface area contributed by atoms with Gasteiger partial charge in [0.05, 0.1) is 0 Å². The van der Waals surface area contributed by atoms with E-state index in [4.69, 9.17) is 9.52 Å². The number of aromatic nitrogens is 1. The fraction of sp³-hybridized carbons (Fsp3) is 0.500. The van der Waals surface area contributed by atoms with Gasteiger partial charge in [-0.25, -0.2) is 4.98 Å². The molecule has 2 amide bonds. The number of fused-ring (bicyclic) bond motifs is 1. The second-order valence-electron chi connectivity index (χ2n) is 7.08. The van der Waals surface area contributed by atoms with Crippen LogP contribution in [0.15, 0.2) is 28.7 Å². The molecule has 0 saturated carbocycles. The average Bonchev–Trinajstić information content (AvgIpc) is 2.92. The predicted octanol–water partition coefficient (Wildman–Crippen LogP) is 2.07. The van der Waals surface area contributed by atoms with Gasteiger partial charge in [-0.15, -0.1) is 0 Å². The molecule has 1 fully saturated rings. The Balaban J connectivity index is 1.54. The lowest BCUT2D eigenvalue weighted by molar-refractivity contribution is -0.145. The number of carbonyl (C=O) groups is 3. The molecule has 1 aliphatic heterocycles. The molecular weight excluding hydrogens is 362 g/mol. The van der Waals surface area contributed by atoms with Crippen molar-refractivity contribution in [1.29, 1.82) is 0 Å². The van der Waals surface area contributed by atoms with E-state index in [0.29, 0.717) is 50.2 Å².